The van der Waals surface area contributed by atoms with Gasteiger partial charge in [-0.25, -0.2) is 0 Å². The average molecular weight is 372 g/mol. The predicted molar refractivity (Wildman–Crippen MR) is 103 cm³/mol. The van der Waals surface area contributed by atoms with Gasteiger partial charge in [0.2, 0.25) is 5.89 Å². The van der Waals surface area contributed by atoms with Crippen molar-refractivity contribution in [2.24, 2.45) is 0 Å². The molecule has 1 atom stereocenters. The fourth-order valence-corrected chi connectivity index (χ4v) is 3.65. The molecule has 1 heterocycles. The van der Waals surface area contributed by atoms with Gasteiger partial charge >= 0.3 is 0 Å². The molecular weight excluding hydrogens is 344 g/mol. The molecule has 146 valence electrons. The van der Waals surface area contributed by atoms with Gasteiger partial charge in [-0.15, -0.1) is 0 Å². The topological polar surface area (TPSA) is 94.1 Å². The molecule has 7 nitrogen and oxygen atoms in total. The van der Waals surface area contributed by atoms with Gasteiger partial charge in [0.1, 0.15) is 0 Å². The quantitative estimate of drug-likeness (QED) is 0.543. The van der Waals surface area contributed by atoms with Crippen LogP contribution in [-0.4, -0.2) is 15.1 Å². The summed E-state index contributed by atoms with van der Waals surface area (Å²) in [4.78, 5) is 15.6. The molecule has 1 aliphatic carbocycles. The van der Waals surface area contributed by atoms with E-state index < -0.39 is 0 Å². The van der Waals surface area contributed by atoms with Gasteiger partial charge in [-0.3, -0.25) is 10.1 Å². The highest BCUT2D eigenvalue weighted by atomic mass is 16.6. The smallest absolute Gasteiger partial charge is 0.273 e. The van der Waals surface area contributed by atoms with Crippen LogP contribution in [0.15, 0.2) is 22.7 Å². The van der Waals surface area contributed by atoms with E-state index in [2.05, 4.69) is 15.5 Å². The van der Waals surface area contributed by atoms with E-state index in [9.17, 15) is 10.1 Å². The van der Waals surface area contributed by atoms with Crippen LogP contribution in [0.4, 0.5) is 5.69 Å². The zero-order valence-electron chi connectivity index (χ0n) is 16.3. The molecule has 7 heteroatoms. The molecule has 1 unspecified atom stereocenters. The Hall–Kier alpha value is -2.28. The molecule has 0 amide bonds. The number of benzene rings is 1. The minimum atomic E-state index is -0.309. The molecule has 2 aromatic rings. The average Bonchev–Trinajstić information content (AvgIpc) is 3.16. The van der Waals surface area contributed by atoms with Gasteiger partial charge in [0.05, 0.1) is 11.0 Å². The number of nitrogens with zero attached hydrogens (tertiary/aromatic N) is 3. The minimum Gasteiger partial charge on any atom is -0.338 e. The van der Waals surface area contributed by atoms with Crippen molar-refractivity contribution in [1.29, 1.82) is 0 Å². The minimum absolute atomic E-state index is 0.112. The van der Waals surface area contributed by atoms with Gasteiger partial charge in [-0.05, 0) is 31.2 Å². The Morgan fingerprint density at radius 2 is 2.00 bits per heavy atom. The van der Waals surface area contributed by atoms with Gasteiger partial charge in [-0.2, -0.15) is 4.98 Å². The lowest BCUT2D eigenvalue weighted by Gasteiger charge is -2.17. The third-order valence-corrected chi connectivity index (χ3v) is 5.32. The van der Waals surface area contributed by atoms with Crippen LogP contribution in [0.3, 0.4) is 0 Å². The summed E-state index contributed by atoms with van der Waals surface area (Å²) in [6.45, 7) is 6.39. The molecule has 0 bridgehead atoms. The zero-order chi connectivity index (χ0) is 19.4. The molecule has 0 aliphatic heterocycles. The third-order valence-electron chi connectivity index (χ3n) is 5.32. The Morgan fingerprint density at radius 3 is 2.67 bits per heavy atom. The summed E-state index contributed by atoms with van der Waals surface area (Å²) >= 11 is 0. The number of hydrogen-bond donors (Lipinski definition) is 1. The number of rotatable bonds is 7. The number of aromatic nitrogens is 2. The van der Waals surface area contributed by atoms with Gasteiger partial charge in [-0.1, -0.05) is 50.4 Å². The highest BCUT2D eigenvalue weighted by Crippen LogP contribution is 2.31. The zero-order valence-corrected chi connectivity index (χ0v) is 16.3. The van der Waals surface area contributed by atoms with Crippen molar-refractivity contribution >= 4 is 5.69 Å². The maximum absolute atomic E-state index is 11.3. The second-order valence-corrected chi connectivity index (χ2v) is 7.73. The summed E-state index contributed by atoms with van der Waals surface area (Å²) < 4.78 is 5.45. The van der Waals surface area contributed by atoms with Crippen molar-refractivity contribution in [1.82, 2.24) is 15.5 Å². The Balaban J connectivity index is 1.63. The normalized spacial score (nSPS) is 16.6. The predicted octanol–water partition coefficient (Wildman–Crippen LogP) is 5.00. The van der Waals surface area contributed by atoms with E-state index in [4.69, 9.17) is 4.52 Å². The molecule has 1 fully saturated rings. The Labute approximate surface area is 159 Å². The first kappa shape index (κ1) is 19.5. The van der Waals surface area contributed by atoms with Crippen LogP contribution >= 0.6 is 0 Å². The maximum Gasteiger partial charge on any atom is 0.273 e. The Morgan fingerprint density at radius 1 is 1.26 bits per heavy atom. The second kappa shape index (κ2) is 8.61. The first-order valence-electron chi connectivity index (χ1n) is 9.79. The van der Waals surface area contributed by atoms with E-state index in [-0.39, 0.29) is 22.6 Å². The highest BCUT2D eigenvalue weighted by Gasteiger charge is 2.23. The van der Waals surface area contributed by atoms with E-state index in [1.807, 2.05) is 32.9 Å². The van der Waals surface area contributed by atoms with Gasteiger partial charge in [0.15, 0.2) is 5.82 Å². The van der Waals surface area contributed by atoms with Gasteiger partial charge < -0.3 is 9.84 Å². The fourth-order valence-electron chi connectivity index (χ4n) is 3.65. The standard InChI is InChI=1S/C20H28N4O3/c1-13(2)17-10-9-15(11-18(17)24(25)26)12-21-14(3)20-22-19(23-27-20)16-7-5-4-6-8-16/h9-11,13-14,16,21H,4-8,12H2,1-3H3. The first-order valence-corrected chi connectivity index (χ1v) is 9.79. The monoisotopic (exact) mass is 372 g/mol. The van der Waals surface area contributed by atoms with Crippen molar-refractivity contribution in [3.63, 3.8) is 0 Å². The van der Waals surface area contributed by atoms with Gasteiger partial charge in [0.25, 0.3) is 5.69 Å². The van der Waals surface area contributed by atoms with Gasteiger partial charge in [0, 0.05) is 24.1 Å². The summed E-state index contributed by atoms with van der Waals surface area (Å²) in [7, 11) is 0. The van der Waals surface area contributed by atoms with Crippen molar-refractivity contribution in [3.05, 3.63) is 51.2 Å². The molecule has 1 aromatic heterocycles. The molecule has 3 rings (SSSR count). The van der Waals surface area contributed by atoms with Crippen molar-refractivity contribution in [2.75, 3.05) is 0 Å². The number of hydrogen-bond acceptors (Lipinski definition) is 6. The fraction of sp³-hybridized carbons (Fsp3) is 0.600. The lowest BCUT2D eigenvalue weighted by molar-refractivity contribution is -0.385. The summed E-state index contributed by atoms with van der Waals surface area (Å²) in [6.07, 6.45) is 6.02. The molecule has 1 aliphatic rings. The van der Waals surface area contributed by atoms with Crippen LogP contribution in [0.25, 0.3) is 0 Å². The molecular formula is C20H28N4O3. The Bertz CT molecular complexity index is 781. The molecule has 27 heavy (non-hydrogen) atoms. The summed E-state index contributed by atoms with van der Waals surface area (Å²) in [5.74, 6) is 1.91. The summed E-state index contributed by atoms with van der Waals surface area (Å²) in [6, 6.07) is 5.32. The van der Waals surface area contributed by atoms with E-state index in [1.165, 1.54) is 19.3 Å². The molecule has 0 radical (unpaired) electrons. The maximum atomic E-state index is 11.3. The van der Waals surface area contributed by atoms with Crippen LogP contribution in [0.1, 0.15) is 93.6 Å². The lowest BCUT2D eigenvalue weighted by Crippen LogP contribution is -2.19. The lowest BCUT2D eigenvalue weighted by atomic mass is 9.89. The number of nitro groups is 1. The largest absolute Gasteiger partial charge is 0.338 e. The first-order chi connectivity index (χ1) is 13.0. The molecule has 1 aromatic carbocycles. The third kappa shape index (κ3) is 4.71. The van der Waals surface area contributed by atoms with E-state index >= 15 is 0 Å². The highest BCUT2D eigenvalue weighted by molar-refractivity contribution is 5.45. The van der Waals surface area contributed by atoms with E-state index in [1.54, 1.807) is 6.07 Å². The Kier molecular flexibility index (Phi) is 6.21. The van der Waals surface area contributed by atoms with Crippen LogP contribution in [0, 0.1) is 10.1 Å². The van der Waals surface area contributed by atoms with E-state index in [0.717, 1.165) is 29.8 Å². The SMILES string of the molecule is CC(C)c1ccc(CNC(C)c2nc(C3CCCCC3)no2)cc1[N+](=O)[O-]. The molecule has 1 N–H and O–H groups in total. The summed E-state index contributed by atoms with van der Waals surface area (Å²) in [5.41, 5.74) is 1.80. The molecule has 0 saturated heterocycles. The van der Waals surface area contributed by atoms with Crippen LogP contribution in [-0.2, 0) is 6.54 Å². The second-order valence-electron chi connectivity index (χ2n) is 7.73. The van der Waals surface area contributed by atoms with Crippen LogP contribution in [0.2, 0.25) is 0 Å². The molecule has 0 spiro atoms. The number of nitrogens with one attached hydrogen (secondary N) is 1. The van der Waals surface area contributed by atoms with Crippen molar-refractivity contribution in [3.8, 4) is 0 Å². The van der Waals surface area contributed by atoms with Crippen LogP contribution in [0.5, 0.6) is 0 Å². The van der Waals surface area contributed by atoms with Crippen molar-refractivity contribution in [2.45, 2.75) is 77.3 Å². The summed E-state index contributed by atoms with van der Waals surface area (Å²) in [5, 5.41) is 18.8. The van der Waals surface area contributed by atoms with E-state index in [0.29, 0.717) is 18.4 Å². The van der Waals surface area contributed by atoms with Crippen molar-refractivity contribution < 1.29 is 9.45 Å². The molecule has 1 saturated carbocycles. The number of nitro benzene ring substituents is 1. The van der Waals surface area contributed by atoms with Crippen LogP contribution < -0.4 is 5.32 Å².